The van der Waals surface area contributed by atoms with Crippen LogP contribution >= 0.6 is 0 Å². The third-order valence-electron chi connectivity index (χ3n) is 6.00. The molecule has 2 aliphatic heterocycles. The lowest BCUT2D eigenvalue weighted by Crippen LogP contribution is -2.37. The maximum absolute atomic E-state index is 13.5. The van der Waals surface area contributed by atoms with Gasteiger partial charge in [-0.3, -0.25) is 14.4 Å². The number of hydroxylamine groups is 1. The van der Waals surface area contributed by atoms with Crippen molar-refractivity contribution in [3.05, 3.63) is 90.0 Å². The van der Waals surface area contributed by atoms with E-state index in [1.807, 2.05) is 0 Å². The molecule has 0 aromatic heterocycles. The second kappa shape index (κ2) is 8.90. The van der Waals surface area contributed by atoms with Crippen molar-refractivity contribution in [3.63, 3.8) is 0 Å². The van der Waals surface area contributed by atoms with Crippen LogP contribution < -0.4 is 14.7 Å². The van der Waals surface area contributed by atoms with E-state index in [1.165, 1.54) is 35.4 Å². The van der Waals surface area contributed by atoms with Crippen LogP contribution in [-0.2, 0) is 20.6 Å². The molecular formula is C25H17F5N2O4. The van der Waals surface area contributed by atoms with E-state index in [2.05, 4.69) is 4.74 Å². The molecule has 2 saturated heterocycles. The van der Waals surface area contributed by atoms with Crippen molar-refractivity contribution >= 4 is 23.2 Å². The lowest BCUT2D eigenvalue weighted by atomic mass is 9.90. The fourth-order valence-corrected chi connectivity index (χ4v) is 4.47. The number of nitrogens with zero attached hydrogens (tertiary/aromatic N) is 2. The zero-order valence-electron chi connectivity index (χ0n) is 18.2. The van der Waals surface area contributed by atoms with E-state index in [0.717, 1.165) is 18.2 Å². The second-order valence-corrected chi connectivity index (χ2v) is 8.17. The van der Waals surface area contributed by atoms with Gasteiger partial charge in [-0.05, 0) is 48.0 Å². The summed E-state index contributed by atoms with van der Waals surface area (Å²) >= 11 is 0. The molecule has 0 saturated carbocycles. The summed E-state index contributed by atoms with van der Waals surface area (Å²) in [4.78, 5) is 33.4. The number of alkyl halides is 5. The van der Waals surface area contributed by atoms with Crippen molar-refractivity contribution in [2.45, 2.75) is 24.9 Å². The average molecular weight is 504 g/mol. The van der Waals surface area contributed by atoms with Crippen molar-refractivity contribution in [2.24, 2.45) is 5.92 Å². The van der Waals surface area contributed by atoms with Gasteiger partial charge in [0.15, 0.2) is 6.10 Å². The maximum atomic E-state index is 13.5. The van der Waals surface area contributed by atoms with E-state index in [9.17, 15) is 31.5 Å². The van der Waals surface area contributed by atoms with Gasteiger partial charge in [0.2, 0.25) is 5.91 Å². The van der Waals surface area contributed by atoms with Gasteiger partial charge in [0.25, 0.3) is 5.91 Å². The van der Waals surface area contributed by atoms with Crippen molar-refractivity contribution in [2.75, 3.05) is 9.96 Å². The number of anilines is 2. The van der Waals surface area contributed by atoms with Crippen molar-refractivity contribution in [1.82, 2.24) is 0 Å². The zero-order chi connectivity index (χ0) is 25.6. The van der Waals surface area contributed by atoms with E-state index in [0.29, 0.717) is 16.2 Å². The van der Waals surface area contributed by atoms with Gasteiger partial charge in [0.05, 0.1) is 23.0 Å². The molecule has 3 aromatic rings. The minimum absolute atomic E-state index is 0.102. The van der Waals surface area contributed by atoms with Crippen LogP contribution in [0.1, 0.15) is 17.2 Å². The highest BCUT2D eigenvalue weighted by Gasteiger charge is 2.60. The van der Waals surface area contributed by atoms with E-state index in [1.54, 1.807) is 30.3 Å². The van der Waals surface area contributed by atoms with E-state index < -0.39 is 48.2 Å². The molecule has 0 unspecified atom stereocenters. The Morgan fingerprint density at radius 3 is 2.14 bits per heavy atom. The van der Waals surface area contributed by atoms with Gasteiger partial charge in [-0.2, -0.15) is 22.0 Å². The molecule has 0 bridgehead atoms. The summed E-state index contributed by atoms with van der Waals surface area (Å²) in [5, 5.41) is 1.39. The molecular weight excluding hydrogens is 487 g/mol. The summed E-state index contributed by atoms with van der Waals surface area (Å²) in [6.07, 6.45) is -5.96. The van der Waals surface area contributed by atoms with Gasteiger partial charge in [0.1, 0.15) is 11.7 Å². The monoisotopic (exact) mass is 504 g/mol. The summed E-state index contributed by atoms with van der Waals surface area (Å²) in [5.74, 6) is -2.74. The maximum Gasteiger partial charge on any atom is 0.416 e. The first kappa shape index (κ1) is 23.7. The number of para-hydroxylation sites is 1. The van der Waals surface area contributed by atoms with Gasteiger partial charge in [-0.25, -0.2) is 9.96 Å². The molecule has 0 radical (unpaired) electrons. The molecule has 11 heteroatoms. The Bertz CT molecular complexity index is 1280. The normalized spacial score (nSPS) is 21.9. The first-order valence-electron chi connectivity index (χ1n) is 10.8. The Morgan fingerprint density at radius 1 is 0.833 bits per heavy atom. The van der Waals surface area contributed by atoms with Gasteiger partial charge in [-0.15, -0.1) is 0 Å². The number of imide groups is 1. The zero-order valence-corrected chi connectivity index (χ0v) is 18.2. The summed E-state index contributed by atoms with van der Waals surface area (Å²) in [7, 11) is 0. The molecule has 0 spiro atoms. The lowest BCUT2D eigenvalue weighted by Gasteiger charge is -2.29. The largest absolute Gasteiger partial charge is 0.435 e. The molecule has 186 valence electrons. The van der Waals surface area contributed by atoms with Crippen LogP contribution in [0.15, 0.2) is 78.9 Å². The summed E-state index contributed by atoms with van der Waals surface area (Å²) < 4.78 is 69.2. The summed E-state index contributed by atoms with van der Waals surface area (Å²) in [5.41, 5.74) is -0.241. The smallest absolute Gasteiger partial charge is 0.416 e. The molecule has 3 aromatic carbocycles. The molecule has 2 aliphatic rings. The van der Waals surface area contributed by atoms with E-state index in [4.69, 9.17) is 4.84 Å². The van der Waals surface area contributed by atoms with Gasteiger partial charge in [-0.1, -0.05) is 36.4 Å². The standard InChI is InChI=1S/C25H17F5N2O4/c26-24(27)35-18-11-9-14(10-12-18)20-19-21(36-32(20)16-6-2-1-3-7-16)23(34)31(22(19)33)17-8-4-5-15(13-17)25(28,29)30/h1-13,19-21,24H/t19-,20-,21-/m1/s1. The number of amides is 2. The van der Waals surface area contributed by atoms with Crippen LogP contribution in [0.2, 0.25) is 0 Å². The number of carbonyl (C=O) groups is 2. The number of carbonyl (C=O) groups excluding carboxylic acids is 2. The highest BCUT2D eigenvalue weighted by molar-refractivity contribution is 6.24. The molecule has 3 atom stereocenters. The summed E-state index contributed by atoms with van der Waals surface area (Å²) in [6.45, 7) is -3.02. The van der Waals surface area contributed by atoms with Crippen LogP contribution in [0, 0.1) is 5.92 Å². The number of fused-ring (bicyclic) bond motifs is 1. The molecule has 5 rings (SSSR count). The highest BCUT2D eigenvalue weighted by atomic mass is 19.4. The Balaban J connectivity index is 1.54. The second-order valence-electron chi connectivity index (χ2n) is 8.17. The van der Waals surface area contributed by atoms with Crippen LogP contribution in [0.3, 0.4) is 0 Å². The predicted octanol–water partition coefficient (Wildman–Crippen LogP) is 5.36. The molecule has 0 aliphatic carbocycles. The molecule has 0 N–H and O–H groups in total. The first-order chi connectivity index (χ1) is 17.1. The van der Waals surface area contributed by atoms with Crippen molar-refractivity contribution in [1.29, 1.82) is 0 Å². The molecule has 36 heavy (non-hydrogen) atoms. The van der Waals surface area contributed by atoms with Crippen LogP contribution in [0.25, 0.3) is 0 Å². The lowest BCUT2D eigenvalue weighted by molar-refractivity contribution is -0.137. The Hall–Kier alpha value is -3.99. The fourth-order valence-electron chi connectivity index (χ4n) is 4.47. The predicted molar refractivity (Wildman–Crippen MR) is 117 cm³/mol. The Morgan fingerprint density at radius 2 is 1.50 bits per heavy atom. The molecule has 2 amide bonds. The number of rotatable bonds is 5. The van der Waals surface area contributed by atoms with Gasteiger partial charge < -0.3 is 4.74 Å². The Kier molecular flexibility index (Phi) is 5.87. The number of halogens is 5. The minimum Gasteiger partial charge on any atom is -0.435 e. The van der Waals surface area contributed by atoms with Gasteiger partial charge in [0, 0.05) is 0 Å². The topological polar surface area (TPSA) is 59.1 Å². The first-order valence-corrected chi connectivity index (χ1v) is 10.8. The van der Waals surface area contributed by atoms with E-state index in [-0.39, 0.29) is 11.4 Å². The summed E-state index contributed by atoms with van der Waals surface area (Å²) in [6, 6.07) is 17.2. The van der Waals surface area contributed by atoms with Crippen molar-refractivity contribution in [3.8, 4) is 5.75 Å². The number of benzene rings is 3. The highest BCUT2D eigenvalue weighted by Crippen LogP contribution is 2.48. The third kappa shape index (κ3) is 4.15. The van der Waals surface area contributed by atoms with Crippen LogP contribution in [0.4, 0.5) is 33.3 Å². The molecule has 2 fully saturated rings. The fraction of sp³-hybridized carbons (Fsp3) is 0.200. The minimum atomic E-state index is -4.66. The third-order valence-corrected chi connectivity index (χ3v) is 6.00. The Labute approximate surface area is 201 Å². The SMILES string of the molecule is O=C1[C@@H]2[C@@H](c3ccc(OC(F)F)cc3)N(c3ccccc3)O[C@H]2C(=O)N1c1cccc(C(F)(F)F)c1. The number of hydrogen-bond donors (Lipinski definition) is 0. The van der Waals surface area contributed by atoms with Crippen LogP contribution in [0.5, 0.6) is 5.75 Å². The van der Waals surface area contributed by atoms with Crippen molar-refractivity contribution < 1.29 is 41.1 Å². The number of hydrogen-bond acceptors (Lipinski definition) is 5. The van der Waals surface area contributed by atoms with E-state index >= 15 is 0 Å². The number of ether oxygens (including phenoxy) is 1. The molecule has 6 nitrogen and oxygen atoms in total. The average Bonchev–Trinajstić information content (AvgIpc) is 3.35. The van der Waals surface area contributed by atoms with Crippen LogP contribution in [-0.4, -0.2) is 24.5 Å². The quantitative estimate of drug-likeness (QED) is 0.346. The molecule has 2 heterocycles. The van der Waals surface area contributed by atoms with Gasteiger partial charge >= 0.3 is 12.8 Å².